The lowest BCUT2D eigenvalue weighted by Crippen LogP contribution is -2.12. The number of carbonyl (C=O) groups excluding carboxylic acids is 1. The standard InChI is InChI=1S/C11H9N3O3S/c1-7-2-3-8(9(6-7)14(16)17)13-10(15)11-12-4-5-18-11/h2-6H,1H3,(H,13,15). The zero-order chi connectivity index (χ0) is 13.1. The molecule has 0 fully saturated rings. The Kier molecular flexibility index (Phi) is 3.33. The summed E-state index contributed by atoms with van der Waals surface area (Å²) in [6.07, 6.45) is 1.50. The molecular weight excluding hydrogens is 254 g/mol. The monoisotopic (exact) mass is 263 g/mol. The van der Waals surface area contributed by atoms with Crippen molar-refractivity contribution >= 4 is 28.6 Å². The molecule has 0 aliphatic rings. The highest BCUT2D eigenvalue weighted by atomic mass is 32.1. The summed E-state index contributed by atoms with van der Waals surface area (Å²) >= 11 is 1.17. The first-order valence-electron chi connectivity index (χ1n) is 5.04. The molecule has 0 bridgehead atoms. The van der Waals surface area contributed by atoms with Crippen molar-refractivity contribution in [3.8, 4) is 0 Å². The number of benzene rings is 1. The number of rotatable bonds is 3. The quantitative estimate of drug-likeness (QED) is 0.681. The van der Waals surface area contributed by atoms with Gasteiger partial charge in [-0.15, -0.1) is 11.3 Å². The highest BCUT2D eigenvalue weighted by Gasteiger charge is 2.17. The van der Waals surface area contributed by atoms with Gasteiger partial charge in [0.15, 0.2) is 5.01 Å². The zero-order valence-electron chi connectivity index (χ0n) is 9.41. The minimum atomic E-state index is -0.523. The van der Waals surface area contributed by atoms with E-state index in [1.165, 1.54) is 29.7 Å². The average Bonchev–Trinajstić information content (AvgIpc) is 2.84. The van der Waals surface area contributed by atoms with Gasteiger partial charge in [-0.1, -0.05) is 6.07 Å². The van der Waals surface area contributed by atoms with Crippen molar-refractivity contribution in [2.45, 2.75) is 6.92 Å². The number of aromatic nitrogens is 1. The van der Waals surface area contributed by atoms with E-state index in [1.807, 2.05) is 0 Å². The maximum Gasteiger partial charge on any atom is 0.293 e. The molecule has 0 radical (unpaired) electrons. The van der Waals surface area contributed by atoms with Gasteiger partial charge in [0.05, 0.1) is 4.92 Å². The lowest BCUT2D eigenvalue weighted by atomic mass is 10.2. The summed E-state index contributed by atoms with van der Waals surface area (Å²) in [6.45, 7) is 1.75. The summed E-state index contributed by atoms with van der Waals surface area (Å²) in [5.74, 6) is -0.447. The van der Waals surface area contributed by atoms with Gasteiger partial charge in [-0.05, 0) is 18.6 Å². The first-order valence-corrected chi connectivity index (χ1v) is 5.92. The molecule has 0 aliphatic heterocycles. The normalized spacial score (nSPS) is 10.1. The number of thiazole rings is 1. The lowest BCUT2D eigenvalue weighted by molar-refractivity contribution is -0.384. The third kappa shape index (κ3) is 2.51. The summed E-state index contributed by atoms with van der Waals surface area (Å²) in [6, 6.07) is 4.63. The van der Waals surface area contributed by atoms with Crippen LogP contribution in [-0.2, 0) is 0 Å². The number of carbonyl (C=O) groups is 1. The molecule has 2 aromatic rings. The molecule has 1 amide bonds. The van der Waals surface area contributed by atoms with Crippen molar-refractivity contribution in [2.75, 3.05) is 5.32 Å². The van der Waals surface area contributed by atoms with E-state index in [9.17, 15) is 14.9 Å². The molecule has 1 aromatic heterocycles. The van der Waals surface area contributed by atoms with Crippen LogP contribution in [0.4, 0.5) is 11.4 Å². The Morgan fingerprint density at radius 2 is 2.28 bits per heavy atom. The zero-order valence-corrected chi connectivity index (χ0v) is 10.2. The number of anilines is 1. The summed E-state index contributed by atoms with van der Waals surface area (Å²) in [5, 5.41) is 15.3. The fourth-order valence-electron chi connectivity index (χ4n) is 1.41. The van der Waals surface area contributed by atoms with Gasteiger partial charge < -0.3 is 5.32 Å². The van der Waals surface area contributed by atoms with Crippen LogP contribution in [0.2, 0.25) is 0 Å². The lowest BCUT2D eigenvalue weighted by Gasteiger charge is -2.04. The molecule has 6 nitrogen and oxygen atoms in total. The Labute approximate surface area is 106 Å². The Morgan fingerprint density at radius 3 is 2.89 bits per heavy atom. The summed E-state index contributed by atoms with van der Waals surface area (Å²) in [5.41, 5.74) is 0.805. The van der Waals surface area contributed by atoms with Crippen molar-refractivity contribution in [3.63, 3.8) is 0 Å². The molecule has 1 aromatic carbocycles. The van der Waals surface area contributed by atoms with Crippen LogP contribution in [0.15, 0.2) is 29.8 Å². The van der Waals surface area contributed by atoms with E-state index in [1.54, 1.807) is 18.4 Å². The predicted molar refractivity (Wildman–Crippen MR) is 67.9 cm³/mol. The molecule has 0 spiro atoms. The summed E-state index contributed by atoms with van der Waals surface area (Å²) < 4.78 is 0. The molecule has 1 heterocycles. The van der Waals surface area contributed by atoms with Crippen LogP contribution in [0.25, 0.3) is 0 Å². The Hall–Kier alpha value is -2.28. The van der Waals surface area contributed by atoms with Crippen LogP contribution in [0, 0.1) is 17.0 Å². The summed E-state index contributed by atoms with van der Waals surface area (Å²) in [7, 11) is 0. The SMILES string of the molecule is Cc1ccc(NC(=O)c2nccs2)c([N+](=O)[O-])c1. The number of nitrogens with one attached hydrogen (secondary N) is 1. The van der Waals surface area contributed by atoms with Crippen LogP contribution in [0.5, 0.6) is 0 Å². The number of nitro groups is 1. The van der Waals surface area contributed by atoms with E-state index in [4.69, 9.17) is 0 Å². The predicted octanol–water partition coefficient (Wildman–Crippen LogP) is 2.61. The van der Waals surface area contributed by atoms with Crippen LogP contribution in [-0.4, -0.2) is 15.8 Å². The number of nitro benzene ring substituents is 1. The van der Waals surface area contributed by atoms with Crippen LogP contribution in [0.3, 0.4) is 0 Å². The van der Waals surface area contributed by atoms with Gasteiger partial charge in [0.1, 0.15) is 5.69 Å². The third-order valence-electron chi connectivity index (χ3n) is 2.22. The second-order valence-corrected chi connectivity index (χ2v) is 4.46. The fourth-order valence-corrected chi connectivity index (χ4v) is 1.94. The third-order valence-corrected chi connectivity index (χ3v) is 3.00. The second kappa shape index (κ2) is 4.92. The van der Waals surface area contributed by atoms with Crippen molar-refractivity contribution in [1.29, 1.82) is 0 Å². The molecule has 0 saturated heterocycles. The molecule has 18 heavy (non-hydrogen) atoms. The van der Waals surface area contributed by atoms with Crippen LogP contribution in [0.1, 0.15) is 15.4 Å². The number of amides is 1. The van der Waals surface area contributed by atoms with E-state index in [2.05, 4.69) is 10.3 Å². The van der Waals surface area contributed by atoms with Gasteiger partial charge in [0, 0.05) is 17.6 Å². The van der Waals surface area contributed by atoms with Crippen molar-refractivity contribution in [3.05, 3.63) is 50.5 Å². The van der Waals surface area contributed by atoms with E-state index < -0.39 is 10.8 Å². The minimum Gasteiger partial charge on any atom is -0.314 e. The smallest absolute Gasteiger partial charge is 0.293 e. The van der Waals surface area contributed by atoms with Gasteiger partial charge in [0.25, 0.3) is 11.6 Å². The second-order valence-electron chi connectivity index (χ2n) is 3.57. The Morgan fingerprint density at radius 1 is 1.50 bits per heavy atom. The van der Waals surface area contributed by atoms with Crippen molar-refractivity contribution in [1.82, 2.24) is 4.98 Å². The van der Waals surface area contributed by atoms with Gasteiger partial charge >= 0.3 is 0 Å². The first-order chi connectivity index (χ1) is 8.58. The fraction of sp³-hybridized carbons (Fsp3) is 0.0909. The van der Waals surface area contributed by atoms with Gasteiger partial charge in [-0.3, -0.25) is 14.9 Å². The van der Waals surface area contributed by atoms with Gasteiger partial charge in [-0.2, -0.15) is 0 Å². The number of hydrogen-bond acceptors (Lipinski definition) is 5. The minimum absolute atomic E-state index is 0.125. The molecule has 0 atom stereocenters. The van der Waals surface area contributed by atoms with Crippen molar-refractivity contribution < 1.29 is 9.72 Å². The summed E-state index contributed by atoms with van der Waals surface area (Å²) in [4.78, 5) is 26.0. The molecule has 1 N–H and O–H groups in total. The Balaban J connectivity index is 2.29. The van der Waals surface area contributed by atoms with Gasteiger partial charge in [0.2, 0.25) is 0 Å². The molecule has 0 unspecified atom stereocenters. The molecule has 0 aliphatic carbocycles. The highest BCUT2D eigenvalue weighted by molar-refractivity contribution is 7.11. The van der Waals surface area contributed by atoms with Crippen LogP contribution >= 0.6 is 11.3 Å². The molecule has 0 saturated carbocycles. The maximum atomic E-state index is 11.7. The van der Waals surface area contributed by atoms with E-state index in [0.717, 1.165) is 5.56 Å². The van der Waals surface area contributed by atoms with Crippen LogP contribution < -0.4 is 5.32 Å². The van der Waals surface area contributed by atoms with Gasteiger partial charge in [-0.25, -0.2) is 4.98 Å². The largest absolute Gasteiger partial charge is 0.314 e. The highest BCUT2D eigenvalue weighted by Crippen LogP contribution is 2.25. The Bertz CT molecular complexity index is 596. The average molecular weight is 263 g/mol. The molecule has 2 rings (SSSR count). The van der Waals surface area contributed by atoms with Crippen molar-refractivity contribution in [2.24, 2.45) is 0 Å². The number of hydrogen-bond donors (Lipinski definition) is 1. The molecule has 92 valence electrons. The van der Waals surface area contributed by atoms with E-state index in [0.29, 0.717) is 0 Å². The molecule has 7 heteroatoms. The van der Waals surface area contributed by atoms with E-state index >= 15 is 0 Å². The van der Waals surface area contributed by atoms with E-state index in [-0.39, 0.29) is 16.4 Å². The topological polar surface area (TPSA) is 85.1 Å². The first kappa shape index (κ1) is 12.2. The maximum absolute atomic E-state index is 11.7. The number of nitrogens with zero attached hydrogens (tertiary/aromatic N) is 2. The number of aryl methyl sites for hydroxylation is 1. The molecular formula is C11H9N3O3S.